The fourth-order valence-electron chi connectivity index (χ4n) is 1.81. The Morgan fingerprint density at radius 2 is 2.00 bits per heavy atom. The number of nitrogens with two attached hydrogens (primary N) is 1. The molecule has 3 amide bonds. The number of nitrogens with zero attached hydrogens (tertiary/aromatic N) is 1. The zero-order chi connectivity index (χ0) is 17.7. The van der Waals surface area contributed by atoms with Gasteiger partial charge in [-0.15, -0.1) is 0 Å². The maximum absolute atomic E-state index is 12.8. The van der Waals surface area contributed by atoms with Crippen LogP contribution in [0.4, 0.5) is 9.18 Å². The number of amides is 3. The third kappa shape index (κ3) is 4.71. The molecule has 1 aromatic heterocycles. The molecule has 1 heterocycles. The number of carbonyl (C=O) groups excluding carboxylic acids is 2. The second kappa shape index (κ2) is 7.47. The summed E-state index contributed by atoms with van der Waals surface area (Å²) in [6, 6.07) is 6.53. The van der Waals surface area contributed by atoms with Crippen LogP contribution in [0.3, 0.4) is 0 Å². The van der Waals surface area contributed by atoms with Gasteiger partial charge in [-0.1, -0.05) is 0 Å². The minimum atomic E-state index is -1.02. The SMILES string of the molecule is CC(CN(O)C(N)=O)NC(=O)c1ccc(Oc2ccc(F)cc2)o1. The van der Waals surface area contributed by atoms with Gasteiger partial charge in [0.25, 0.3) is 11.9 Å². The summed E-state index contributed by atoms with van der Waals surface area (Å²) in [7, 11) is 0. The Bertz CT molecular complexity index is 716. The molecule has 0 aliphatic rings. The number of furan rings is 1. The highest BCUT2D eigenvalue weighted by atomic mass is 19.1. The van der Waals surface area contributed by atoms with E-state index in [0.29, 0.717) is 5.75 Å². The zero-order valence-electron chi connectivity index (χ0n) is 12.7. The lowest BCUT2D eigenvalue weighted by Gasteiger charge is -2.18. The van der Waals surface area contributed by atoms with Gasteiger partial charge in [-0.2, -0.15) is 0 Å². The van der Waals surface area contributed by atoms with Gasteiger partial charge < -0.3 is 20.2 Å². The smallest absolute Gasteiger partial charge is 0.338 e. The van der Waals surface area contributed by atoms with E-state index in [2.05, 4.69) is 5.32 Å². The lowest BCUT2D eigenvalue weighted by molar-refractivity contribution is -0.0440. The summed E-state index contributed by atoms with van der Waals surface area (Å²) in [4.78, 5) is 22.7. The molecule has 2 rings (SSSR count). The van der Waals surface area contributed by atoms with E-state index in [0.717, 1.165) is 0 Å². The third-order valence-corrected chi connectivity index (χ3v) is 2.92. The molecule has 0 radical (unpaired) electrons. The number of benzene rings is 1. The van der Waals surface area contributed by atoms with E-state index in [1.807, 2.05) is 0 Å². The van der Waals surface area contributed by atoms with Gasteiger partial charge in [-0.3, -0.25) is 10.0 Å². The van der Waals surface area contributed by atoms with Gasteiger partial charge in [0.05, 0.1) is 6.54 Å². The molecule has 0 saturated heterocycles. The summed E-state index contributed by atoms with van der Waals surface area (Å²) in [6.07, 6.45) is 0. The summed E-state index contributed by atoms with van der Waals surface area (Å²) < 4.78 is 23.4. The van der Waals surface area contributed by atoms with Crippen LogP contribution in [-0.4, -0.2) is 34.8 Å². The molecule has 0 aliphatic carbocycles. The fraction of sp³-hybridized carbons (Fsp3) is 0.200. The normalized spacial score (nSPS) is 11.6. The van der Waals surface area contributed by atoms with Crippen molar-refractivity contribution < 1.29 is 28.3 Å². The molecular formula is C15H16FN3O5. The van der Waals surface area contributed by atoms with Gasteiger partial charge in [0.1, 0.15) is 11.6 Å². The maximum atomic E-state index is 12.8. The predicted molar refractivity (Wildman–Crippen MR) is 80.2 cm³/mol. The number of rotatable bonds is 6. The van der Waals surface area contributed by atoms with Crippen LogP contribution in [0.15, 0.2) is 40.8 Å². The van der Waals surface area contributed by atoms with Crippen molar-refractivity contribution in [1.29, 1.82) is 0 Å². The molecular weight excluding hydrogens is 321 g/mol. The average molecular weight is 337 g/mol. The van der Waals surface area contributed by atoms with E-state index < -0.39 is 23.8 Å². The van der Waals surface area contributed by atoms with E-state index in [1.54, 1.807) is 6.92 Å². The topological polar surface area (TPSA) is 118 Å². The Morgan fingerprint density at radius 1 is 1.33 bits per heavy atom. The Labute approximate surface area is 136 Å². The molecule has 128 valence electrons. The predicted octanol–water partition coefficient (Wildman–Crippen LogP) is 2.10. The van der Waals surface area contributed by atoms with E-state index in [4.69, 9.17) is 14.9 Å². The lowest BCUT2D eigenvalue weighted by atomic mass is 10.3. The molecule has 0 fully saturated rings. The Morgan fingerprint density at radius 3 is 2.62 bits per heavy atom. The first-order valence-corrected chi connectivity index (χ1v) is 6.95. The van der Waals surface area contributed by atoms with Crippen LogP contribution in [0.25, 0.3) is 0 Å². The summed E-state index contributed by atoms with van der Waals surface area (Å²) in [6.45, 7) is 1.39. The van der Waals surface area contributed by atoms with Gasteiger partial charge in [0, 0.05) is 12.1 Å². The number of hydroxylamine groups is 2. The second-order valence-electron chi connectivity index (χ2n) is 4.97. The molecule has 9 heteroatoms. The van der Waals surface area contributed by atoms with Crippen molar-refractivity contribution >= 4 is 11.9 Å². The molecule has 24 heavy (non-hydrogen) atoms. The van der Waals surface area contributed by atoms with E-state index >= 15 is 0 Å². The van der Waals surface area contributed by atoms with Gasteiger partial charge in [-0.25, -0.2) is 14.2 Å². The summed E-state index contributed by atoms with van der Waals surface area (Å²) in [5, 5.41) is 12.0. The maximum Gasteiger partial charge on any atom is 0.338 e. The summed E-state index contributed by atoms with van der Waals surface area (Å²) in [5.74, 6) is -0.578. The third-order valence-electron chi connectivity index (χ3n) is 2.92. The molecule has 2 aromatic rings. The molecule has 0 aliphatic heterocycles. The van der Waals surface area contributed by atoms with Crippen molar-refractivity contribution in [3.63, 3.8) is 0 Å². The number of halogens is 1. The number of nitrogens with one attached hydrogen (secondary N) is 1. The molecule has 0 saturated carbocycles. The first-order valence-electron chi connectivity index (χ1n) is 6.95. The van der Waals surface area contributed by atoms with Crippen molar-refractivity contribution in [2.24, 2.45) is 5.73 Å². The number of urea groups is 1. The van der Waals surface area contributed by atoms with Crippen molar-refractivity contribution in [2.75, 3.05) is 6.54 Å². The van der Waals surface area contributed by atoms with Crippen LogP contribution < -0.4 is 15.8 Å². The minimum Gasteiger partial charge on any atom is -0.426 e. The highest BCUT2D eigenvalue weighted by Crippen LogP contribution is 2.23. The number of ether oxygens (including phenoxy) is 1. The first-order chi connectivity index (χ1) is 11.3. The highest BCUT2D eigenvalue weighted by molar-refractivity contribution is 5.91. The van der Waals surface area contributed by atoms with Crippen LogP contribution in [-0.2, 0) is 0 Å². The van der Waals surface area contributed by atoms with Crippen molar-refractivity contribution in [1.82, 2.24) is 10.4 Å². The van der Waals surface area contributed by atoms with Crippen LogP contribution in [0.2, 0.25) is 0 Å². The summed E-state index contributed by atoms with van der Waals surface area (Å²) in [5.41, 5.74) is 4.88. The first kappa shape index (κ1) is 17.3. The molecule has 0 bridgehead atoms. The zero-order valence-corrected chi connectivity index (χ0v) is 12.7. The van der Waals surface area contributed by atoms with Crippen LogP contribution in [0, 0.1) is 5.82 Å². The molecule has 1 aromatic carbocycles. The minimum absolute atomic E-state index is 0.0254. The second-order valence-corrected chi connectivity index (χ2v) is 4.97. The molecule has 4 N–H and O–H groups in total. The van der Waals surface area contributed by atoms with E-state index in [1.165, 1.54) is 36.4 Å². The monoisotopic (exact) mass is 337 g/mol. The van der Waals surface area contributed by atoms with Crippen molar-refractivity contribution in [3.8, 4) is 11.7 Å². The van der Waals surface area contributed by atoms with E-state index in [9.17, 15) is 19.2 Å². The number of primary amides is 1. The quantitative estimate of drug-likeness (QED) is 0.551. The van der Waals surface area contributed by atoms with E-state index in [-0.39, 0.29) is 23.3 Å². The Balaban J connectivity index is 1.93. The Kier molecular flexibility index (Phi) is 5.38. The number of hydrogen-bond donors (Lipinski definition) is 3. The molecule has 0 spiro atoms. The van der Waals surface area contributed by atoms with Crippen LogP contribution >= 0.6 is 0 Å². The molecule has 1 atom stereocenters. The highest BCUT2D eigenvalue weighted by Gasteiger charge is 2.17. The Hall–Kier alpha value is -3.07. The lowest BCUT2D eigenvalue weighted by Crippen LogP contribution is -2.44. The van der Waals surface area contributed by atoms with Crippen LogP contribution in [0.5, 0.6) is 11.7 Å². The van der Waals surface area contributed by atoms with Crippen molar-refractivity contribution in [3.05, 3.63) is 48.0 Å². The fourth-order valence-corrected chi connectivity index (χ4v) is 1.81. The van der Waals surface area contributed by atoms with Crippen molar-refractivity contribution in [2.45, 2.75) is 13.0 Å². The standard InChI is InChI=1S/C15H16FN3O5/c1-9(8-19(22)15(17)21)18-14(20)12-6-7-13(24-12)23-11-4-2-10(16)3-5-11/h2-7,9,22H,8H2,1H3,(H2,17,21)(H,18,20). The molecule has 1 unspecified atom stereocenters. The van der Waals surface area contributed by atoms with Gasteiger partial charge in [-0.05, 0) is 37.3 Å². The summed E-state index contributed by atoms with van der Waals surface area (Å²) >= 11 is 0. The van der Waals surface area contributed by atoms with Gasteiger partial charge >= 0.3 is 6.03 Å². The average Bonchev–Trinajstić information content (AvgIpc) is 2.98. The number of carbonyl (C=O) groups is 2. The van der Waals surface area contributed by atoms with Gasteiger partial charge in [0.15, 0.2) is 5.76 Å². The number of hydrogen-bond acceptors (Lipinski definition) is 5. The van der Waals surface area contributed by atoms with Gasteiger partial charge in [0.2, 0.25) is 0 Å². The largest absolute Gasteiger partial charge is 0.426 e. The molecule has 8 nitrogen and oxygen atoms in total. The van der Waals surface area contributed by atoms with Crippen LogP contribution in [0.1, 0.15) is 17.5 Å².